The van der Waals surface area contributed by atoms with E-state index in [0.717, 1.165) is 6.54 Å². The highest BCUT2D eigenvalue weighted by Gasteiger charge is 2.13. The molecule has 2 N–H and O–H groups in total. The summed E-state index contributed by atoms with van der Waals surface area (Å²) in [5.74, 6) is 0. The molecule has 84 valence electrons. The predicted octanol–water partition coefficient (Wildman–Crippen LogP) is 1.59. The van der Waals surface area contributed by atoms with E-state index in [2.05, 4.69) is 34.4 Å². The van der Waals surface area contributed by atoms with Gasteiger partial charge < -0.3 is 15.2 Å². The van der Waals surface area contributed by atoms with E-state index in [-0.39, 0.29) is 0 Å². The van der Waals surface area contributed by atoms with Crippen molar-refractivity contribution >= 4 is 0 Å². The first kappa shape index (κ1) is 10.7. The topological polar surface area (TPSA) is 31.1 Å². The Morgan fingerprint density at radius 2 is 2.27 bits per heavy atom. The Balaban J connectivity index is 1.66. The van der Waals surface area contributed by atoms with E-state index in [1.165, 1.54) is 38.0 Å². The first-order valence-corrected chi connectivity index (χ1v) is 5.92. The van der Waals surface area contributed by atoms with Crippen LogP contribution in [0.25, 0.3) is 0 Å². The molecule has 3 nitrogen and oxygen atoms in total. The lowest BCUT2D eigenvalue weighted by molar-refractivity contribution is 0.298. The minimum absolute atomic E-state index is 0.581. The number of nitrogens with one attached hydrogen (secondary N) is 2. The summed E-state index contributed by atoms with van der Waals surface area (Å²) in [5.41, 5.74) is 1.34. The normalized spacial score (nSPS) is 19.5. The van der Waals surface area contributed by atoms with Gasteiger partial charge in [-0.3, -0.25) is 0 Å². The third-order valence-electron chi connectivity index (χ3n) is 3.05. The lowest BCUT2D eigenvalue weighted by Gasteiger charge is -2.20. The maximum atomic E-state index is 3.55. The smallest absolute Gasteiger partial charge is 0.0223 e. The number of rotatable bonds is 5. The number of aromatic nitrogens is 1. The van der Waals surface area contributed by atoms with Crippen LogP contribution in [0, 0.1) is 0 Å². The maximum Gasteiger partial charge on any atom is 0.0223 e. The van der Waals surface area contributed by atoms with E-state index in [4.69, 9.17) is 0 Å². The van der Waals surface area contributed by atoms with Gasteiger partial charge in [0.1, 0.15) is 0 Å². The quantitative estimate of drug-likeness (QED) is 0.768. The molecule has 2 rings (SSSR count). The van der Waals surface area contributed by atoms with Crippen molar-refractivity contribution in [2.75, 3.05) is 19.6 Å². The standard InChI is InChI=1S/C12H21N3/c1-11(10-15-6-2-3-7-15)14-9-12-4-5-13-8-12/h4-5,8,11,13-14H,2-3,6-7,9-10H2,1H3. The highest BCUT2D eigenvalue weighted by molar-refractivity contribution is 5.07. The molecule has 0 radical (unpaired) electrons. The van der Waals surface area contributed by atoms with E-state index in [9.17, 15) is 0 Å². The number of likely N-dealkylation sites (tertiary alicyclic amines) is 1. The van der Waals surface area contributed by atoms with Crippen LogP contribution in [-0.2, 0) is 6.54 Å². The summed E-state index contributed by atoms with van der Waals surface area (Å²) in [6.07, 6.45) is 6.78. The Hall–Kier alpha value is -0.800. The molecule has 2 heterocycles. The second-order valence-electron chi connectivity index (χ2n) is 4.51. The first-order chi connectivity index (χ1) is 7.34. The van der Waals surface area contributed by atoms with Crippen molar-refractivity contribution in [2.45, 2.75) is 32.4 Å². The van der Waals surface area contributed by atoms with Crippen LogP contribution in [-0.4, -0.2) is 35.6 Å². The predicted molar refractivity (Wildman–Crippen MR) is 62.8 cm³/mol. The maximum absolute atomic E-state index is 3.55. The van der Waals surface area contributed by atoms with Gasteiger partial charge in [0.15, 0.2) is 0 Å². The molecule has 1 aromatic rings. The molecular weight excluding hydrogens is 186 g/mol. The summed E-state index contributed by atoms with van der Waals surface area (Å²) >= 11 is 0. The zero-order chi connectivity index (χ0) is 10.5. The van der Waals surface area contributed by atoms with Gasteiger partial charge in [0.05, 0.1) is 0 Å². The van der Waals surface area contributed by atoms with Crippen LogP contribution in [0.5, 0.6) is 0 Å². The van der Waals surface area contributed by atoms with Crippen LogP contribution in [0.2, 0.25) is 0 Å². The van der Waals surface area contributed by atoms with Crippen molar-refractivity contribution in [1.29, 1.82) is 0 Å². The largest absolute Gasteiger partial charge is 0.367 e. The van der Waals surface area contributed by atoms with Gasteiger partial charge in [0, 0.05) is 31.5 Å². The molecule has 0 aromatic carbocycles. The molecule has 1 unspecified atom stereocenters. The molecule has 3 heteroatoms. The minimum atomic E-state index is 0.581. The van der Waals surface area contributed by atoms with Crippen molar-refractivity contribution in [3.05, 3.63) is 24.0 Å². The van der Waals surface area contributed by atoms with E-state index < -0.39 is 0 Å². The van der Waals surface area contributed by atoms with Crippen LogP contribution in [0.4, 0.5) is 0 Å². The van der Waals surface area contributed by atoms with Gasteiger partial charge in [-0.1, -0.05) is 0 Å². The second-order valence-corrected chi connectivity index (χ2v) is 4.51. The Kier molecular flexibility index (Phi) is 3.80. The molecule has 1 atom stereocenters. The third kappa shape index (κ3) is 3.36. The van der Waals surface area contributed by atoms with Crippen molar-refractivity contribution in [1.82, 2.24) is 15.2 Å². The zero-order valence-corrected chi connectivity index (χ0v) is 9.50. The monoisotopic (exact) mass is 207 g/mol. The SMILES string of the molecule is CC(CN1CCCC1)NCc1cc[nH]c1. The Bertz CT molecular complexity index is 262. The molecule has 1 aromatic heterocycles. The van der Waals surface area contributed by atoms with Crippen LogP contribution < -0.4 is 5.32 Å². The molecule has 0 aliphatic carbocycles. The van der Waals surface area contributed by atoms with Gasteiger partial charge in [0.25, 0.3) is 0 Å². The molecule has 0 saturated carbocycles. The lowest BCUT2D eigenvalue weighted by atomic mass is 10.2. The van der Waals surface area contributed by atoms with Gasteiger partial charge in [-0.2, -0.15) is 0 Å². The molecule has 1 aliphatic rings. The second kappa shape index (κ2) is 5.33. The lowest BCUT2D eigenvalue weighted by Crippen LogP contribution is -2.37. The summed E-state index contributed by atoms with van der Waals surface area (Å²) in [6, 6.07) is 2.70. The molecule has 0 bridgehead atoms. The van der Waals surface area contributed by atoms with Crippen LogP contribution in [0.1, 0.15) is 25.3 Å². The molecule has 15 heavy (non-hydrogen) atoms. The van der Waals surface area contributed by atoms with Crippen molar-refractivity contribution in [3.8, 4) is 0 Å². The van der Waals surface area contributed by atoms with Gasteiger partial charge >= 0.3 is 0 Å². The molecule has 0 spiro atoms. The fourth-order valence-corrected chi connectivity index (χ4v) is 2.18. The number of aromatic amines is 1. The number of hydrogen-bond donors (Lipinski definition) is 2. The van der Waals surface area contributed by atoms with E-state index in [0.29, 0.717) is 6.04 Å². The van der Waals surface area contributed by atoms with Crippen LogP contribution >= 0.6 is 0 Å². The van der Waals surface area contributed by atoms with Gasteiger partial charge in [0.2, 0.25) is 0 Å². The fraction of sp³-hybridized carbons (Fsp3) is 0.667. The Morgan fingerprint density at radius 1 is 1.47 bits per heavy atom. The number of H-pyrrole nitrogens is 1. The summed E-state index contributed by atoms with van der Waals surface area (Å²) in [7, 11) is 0. The summed E-state index contributed by atoms with van der Waals surface area (Å²) < 4.78 is 0. The number of nitrogens with zero attached hydrogens (tertiary/aromatic N) is 1. The number of hydrogen-bond acceptors (Lipinski definition) is 2. The summed E-state index contributed by atoms with van der Waals surface area (Å²) in [5, 5.41) is 3.55. The first-order valence-electron chi connectivity index (χ1n) is 5.92. The van der Waals surface area contributed by atoms with Crippen molar-refractivity contribution in [2.24, 2.45) is 0 Å². The highest BCUT2D eigenvalue weighted by atomic mass is 15.2. The Labute approximate surface area is 91.9 Å². The van der Waals surface area contributed by atoms with Crippen LogP contribution in [0.3, 0.4) is 0 Å². The highest BCUT2D eigenvalue weighted by Crippen LogP contribution is 2.07. The van der Waals surface area contributed by atoms with Gasteiger partial charge in [-0.25, -0.2) is 0 Å². The van der Waals surface area contributed by atoms with Gasteiger partial charge in [-0.05, 0) is 44.5 Å². The Morgan fingerprint density at radius 3 is 2.93 bits per heavy atom. The fourth-order valence-electron chi connectivity index (χ4n) is 2.18. The molecule has 1 fully saturated rings. The van der Waals surface area contributed by atoms with E-state index in [1.54, 1.807) is 0 Å². The zero-order valence-electron chi connectivity index (χ0n) is 9.50. The third-order valence-corrected chi connectivity index (χ3v) is 3.05. The molecule has 1 saturated heterocycles. The summed E-state index contributed by atoms with van der Waals surface area (Å²) in [6.45, 7) is 7.00. The van der Waals surface area contributed by atoms with Gasteiger partial charge in [-0.15, -0.1) is 0 Å². The molecule has 0 amide bonds. The summed E-state index contributed by atoms with van der Waals surface area (Å²) in [4.78, 5) is 5.63. The van der Waals surface area contributed by atoms with Crippen molar-refractivity contribution < 1.29 is 0 Å². The van der Waals surface area contributed by atoms with Crippen molar-refractivity contribution in [3.63, 3.8) is 0 Å². The molecular formula is C12H21N3. The minimum Gasteiger partial charge on any atom is -0.367 e. The average molecular weight is 207 g/mol. The molecule has 1 aliphatic heterocycles. The van der Waals surface area contributed by atoms with Crippen LogP contribution in [0.15, 0.2) is 18.5 Å². The van der Waals surface area contributed by atoms with E-state index in [1.807, 2.05) is 6.20 Å². The van der Waals surface area contributed by atoms with E-state index >= 15 is 0 Å². The average Bonchev–Trinajstić information content (AvgIpc) is 2.86.